The van der Waals surface area contributed by atoms with Crippen LogP contribution in [0.2, 0.25) is 0 Å². The van der Waals surface area contributed by atoms with Crippen molar-refractivity contribution in [2.75, 3.05) is 11.9 Å². The van der Waals surface area contributed by atoms with E-state index in [0.29, 0.717) is 22.3 Å². The maximum absolute atomic E-state index is 12.2. The number of carbonyl (C=O) groups is 1. The first-order chi connectivity index (χ1) is 14.6. The molecule has 0 unspecified atom stereocenters. The molecule has 0 aliphatic rings. The summed E-state index contributed by atoms with van der Waals surface area (Å²) >= 11 is 5.26. The van der Waals surface area contributed by atoms with Gasteiger partial charge in [0.1, 0.15) is 0 Å². The number of nitrogens with zero attached hydrogens (tertiary/aromatic N) is 1. The Kier molecular flexibility index (Phi) is 8.66. The normalized spacial score (nSPS) is 11.9. The molecule has 0 aromatic heterocycles. The van der Waals surface area contributed by atoms with Crippen molar-refractivity contribution in [1.82, 2.24) is 10.1 Å². The van der Waals surface area contributed by atoms with Crippen LogP contribution in [0.1, 0.15) is 44.2 Å². The van der Waals surface area contributed by atoms with Crippen molar-refractivity contribution in [3.05, 3.63) is 59.7 Å². The summed E-state index contributed by atoms with van der Waals surface area (Å²) in [6.07, 6.45) is -0.287. The number of carboxylic acids is 1. The summed E-state index contributed by atoms with van der Waals surface area (Å²) in [5.74, 6) is -0.620. The van der Waals surface area contributed by atoms with Gasteiger partial charge in [0.25, 0.3) is 0 Å². The predicted molar refractivity (Wildman–Crippen MR) is 126 cm³/mol. The lowest BCUT2D eigenvalue weighted by Crippen LogP contribution is -2.26. The molecule has 2 aromatic rings. The Bertz CT molecular complexity index is 1050. The van der Waals surface area contributed by atoms with Gasteiger partial charge in [-0.3, -0.25) is 10.2 Å². The highest BCUT2D eigenvalue weighted by atomic mass is 32.2. The van der Waals surface area contributed by atoms with Gasteiger partial charge in [-0.25, -0.2) is 13.1 Å². The van der Waals surface area contributed by atoms with E-state index in [4.69, 9.17) is 17.3 Å². The first-order valence-corrected chi connectivity index (χ1v) is 11.5. The predicted octanol–water partition coefficient (Wildman–Crippen LogP) is 3.27. The number of rotatable bonds is 9. The Morgan fingerprint density at radius 2 is 1.71 bits per heavy atom. The number of hydrogen-bond acceptors (Lipinski definition) is 5. The third kappa shape index (κ3) is 7.74. The molecule has 0 aliphatic carbocycles. The van der Waals surface area contributed by atoms with Gasteiger partial charge in [0.15, 0.2) is 5.11 Å². The van der Waals surface area contributed by atoms with Crippen LogP contribution in [0.3, 0.4) is 0 Å². The zero-order valence-electron chi connectivity index (χ0n) is 17.5. The first-order valence-electron chi connectivity index (χ1n) is 9.61. The molecule has 4 N–H and O–H groups in total. The summed E-state index contributed by atoms with van der Waals surface area (Å²) < 4.78 is 26.6. The van der Waals surface area contributed by atoms with Gasteiger partial charge in [-0.2, -0.15) is 5.10 Å². The monoisotopic (exact) mass is 462 g/mol. The average Bonchev–Trinajstić information content (AvgIpc) is 2.72. The minimum atomic E-state index is -3.77. The second kappa shape index (κ2) is 11.0. The van der Waals surface area contributed by atoms with Gasteiger partial charge >= 0.3 is 5.97 Å². The lowest BCUT2D eigenvalue weighted by molar-refractivity contribution is -0.136. The summed E-state index contributed by atoms with van der Waals surface area (Å²) in [5, 5.41) is 16.2. The highest BCUT2D eigenvalue weighted by Gasteiger charge is 2.14. The van der Waals surface area contributed by atoms with Gasteiger partial charge in [-0.05, 0) is 60.5 Å². The average molecular weight is 463 g/mol. The Labute approximate surface area is 187 Å². The number of sulfonamides is 1. The van der Waals surface area contributed by atoms with Crippen LogP contribution in [-0.2, 0) is 14.8 Å². The summed E-state index contributed by atoms with van der Waals surface area (Å²) in [6.45, 7) is 5.85. The molecule has 0 radical (unpaired) electrons. The molecule has 0 fully saturated rings. The molecule has 2 rings (SSSR count). The Balaban J connectivity index is 1.95. The maximum Gasteiger partial charge on any atom is 0.304 e. The van der Waals surface area contributed by atoms with Crippen molar-refractivity contribution in [2.24, 2.45) is 5.10 Å². The van der Waals surface area contributed by atoms with Crippen LogP contribution in [0.5, 0.6) is 0 Å². The Hall–Kier alpha value is -2.82. The van der Waals surface area contributed by atoms with Crippen LogP contribution in [-0.4, -0.2) is 36.9 Å². The molecule has 0 atom stereocenters. The maximum atomic E-state index is 12.2. The quantitative estimate of drug-likeness (QED) is 0.256. The minimum Gasteiger partial charge on any atom is -0.481 e. The molecule has 8 nitrogen and oxygen atoms in total. The van der Waals surface area contributed by atoms with Gasteiger partial charge in [-0.15, -0.1) is 0 Å². The Morgan fingerprint density at radius 3 is 2.26 bits per heavy atom. The number of benzene rings is 2. The van der Waals surface area contributed by atoms with E-state index in [-0.39, 0.29) is 17.9 Å². The molecule has 0 spiro atoms. The fourth-order valence-corrected chi connectivity index (χ4v) is 3.76. The lowest BCUT2D eigenvalue weighted by atomic mass is 10.0. The van der Waals surface area contributed by atoms with Crippen LogP contribution in [0.25, 0.3) is 0 Å². The zero-order valence-corrected chi connectivity index (χ0v) is 19.2. The highest BCUT2D eigenvalue weighted by molar-refractivity contribution is 7.89. The number of anilines is 1. The molecule has 0 aliphatic heterocycles. The van der Waals surface area contributed by atoms with Gasteiger partial charge in [0.05, 0.1) is 17.0 Å². The highest BCUT2D eigenvalue weighted by Crippen LogP contribution is 2.17. The van der Waals surface area contributed by atoms with Crippen molar-refractivity contribution >= 4 is 44.7 Å². The minimum absolute atomic E-state index is 0.0458. The molecule has 0 bridgehead atoms. The van der Waals surface area contributed by atoms with Gasteiger partial charge < -0.3 is 10.4 Å². The molecular formula is C21H26N4O4S2. The van der Waals surface area contributed by atoms with Crippen molar-refractivity contribution in [1.29, 1.82) is 0 Å². The number of nitrogens with one attached hydrogen (secondary N) is 3. The second-order valence-corrected chi connectivity index (χ2v) is 9.28. The lowest BCUT2D eigenvalue weighted by Gasteiger charge is -2.10. The number of hydrazone groups is 1. The summed E-state index contributed by atoms with van der Waals surface area (Å²) in [4.78, 5) is 10.6. The summed E-state index contributed by atoms with van der Waals surface area (Å²) in [6, 6.07) is 14.1. The third-order valence-corrected chi connectivity index (χ3v) is 6.04. The van der Waals surface area contributed by atoms with E-state index in [1.54, 1.807) is 19.1 Å². The number of carboxylic acid groups (broad SMARTS) is 1. The van der Waals surface area contributed by atoms with Gasteiger partial charge in [-0.1, -0.05) is 38.1 Å². The summed E-state index contributed by atoms with van der Waals surface area (Å²) in [5.41, 5.74) is 6.18. The van der Waals surface area contributed by atoms with Gasteiger partial charge in [0, 0.05) is 12.2 Å². The van der Waals surface area contributed by atoms with Crippen LogP contribution >= 0.6 is 12.2 Å². The smallest absolute Gasteiger partial charge is 0.304 e. The van der Waals surface area contributed by atoms with E-state index in [2.05, 4.69) is 34.4 Å². The molecule has 0 heterocycles. The fraction of sp³-hybridized carbons (Fsp3) is 0.286. The molecule has 166 valence electrons. The Morgan fingerprint density at radius 1 is 1.10 bits per heavy atom. The van der Waals surface area contributed by atoms with E-state index in [1.807, 2.05) is 24.3 Å². The largest absolute Gasteiger partial charge is 0.481 e. The van der Waals surface area contributed by atoms with E-state index in [0.717, 1.165) is 5.69 Å². The number of aliphatic carboxylic acids is 1. The van der Waals surface area contributed by atoms with Gasteiger partial charge in [0.2, 0.25) is 10.0 Å². The van der Waals surface area contributed by atoms with Crippen LogP contribution < -0.4 is 15.5 Å². The molecule has 2 aromatic carbocycles. The van der Waals surface area contributed by atoms with E-state index < -0.39 is 16.0 Å². The second-order valence-electron chi connectivity index (χ2n) is 7.11. The SMILES string of the molecule is C/C(=N/NC(=S)Nc1ccc(C(C)C)cc1)c1ccc(S(=O)(=O)NCCC(=O)O)cc1. The molecule has 31 heavy (non-hydrogen) atoms. The number of thiocarbonyl (C=S) groups is 1. The van der Waals surface area contributed by atoms with E-state index >= 15 is 0 Å². The molecule has 0 saturated heterocycles. The van der Waals surface area contributed by atoms with E-state index in [9.17, 15) is 13.2 Å². The zero-order chi connectivity index (χ0) is 23.0. The number of hydrogen-bond donors (Lipinski definition) is 4. The van der Waals surface area contributed by atoms with Crippen molar-refractivity contribution in [3.63, 3.8) is 0 Å². The van der Waals surface area contributed by atoms with Crippen LogP contribution in [0.4, 0.5) is 5.69 Å². The van der Waals surface area contributed by atoms with Crippen LogP contribution in [0.15, 0.2) is 58.5 Å². The third-order valence-electron chi connectivity index (χ3n) is 4.37. The van der Waals surface area contributed by atoms with Crippen LogP contribution in [0, 0.1) is 0 Å². The van der Waals surface area contributed by atoms with Crippen molar-refractivity contribution < 1.29 is 18.3 Å². The fourth-order valence-electron chi connectivity index (χ4n) is 2.56. The molecule has 10 heteroatoms. The standard InChI is InChI=1S/C21H26N4O4S2/c1-14(2)16-4-8-18(9-5-16)23-21(30)25-24-15(3)17-6-10-19(11-7-17)31(28,29)22-13-12-20(26)27/h4-11,14,22H,12-13H2,1-3H3,(H,26,27)(H2,23,25,30)/b24-15-. The topological polar surface area (TPSA) is 120 Å². The van der Waals surface area contributed by atoms with Crippen molar-refractivity contribution in [3.8, 4) is 0 Å². The molecular weight excluding hydrogens is 436 g/mol. The van der Waals surface area contributed by atoms with Crippen molar-refractivity contribution in [2.45, 2.75) is 38.0 Å². The first kappa shape index (κ1) is 24.4. The van der Waals surface area contributed by atoms with E-state index in [1.165, 1.54) is 17.7 Å². The summed E-state index contributed by atoms with van der Waals surface area (Å²) in [7, 11) is -3.77. The molecule has 0 saturated carbocycles. The molecule has 0 amide bonds.